The molecule has 8 nitrogen and oxygen atoms in total. The Kier molecular flexibility index (Phi) is 6.41. The van der Waals surface area contributed by atoms with Gasteiger partial charge in [0.2, 0.25) is 0 Å². The van der Waals surface area contributed by atoms with Crippen LogP contribution in [0.15, 0.2) is 48.9 Å². The van der Waals surface area contributed by atoms with Crippen LogP contribution in [-0.2, 0) is 10.0 Å². The number of hydrogen-bond donors (Lipinski definition) is 2. The van der Waals surface area contributed by atoms with Crippen LogP contribution < -0.4 is 10.0 Å². The Bertz CT molecular complexity index is 1330. The number of halogens is 4. The van der Waals surface area contributed by atoms with Gasteiger partial charge in [0, 0.05) is 42.6 Å². The number of carbonyl (C=O) groups is 1. The lowest BCUT2D eigenvalue weighted by atomic mass is 10.1. The molecule has 1 fully saturated rings. The van der Waals surface area contributed by atoms with E-state index in [1.165, 1.54) is 29.4 Å². The molecule has 1 atom stereocenters. The normalized spacial score (nSPS) is 16.7. The molecule has 0 aliphatic carbocycles. The minimum atomic E-state index is -5.51. The number of amides is 1. The third-order valence-corrected chi connectivity index (χ3v) is 6.63. The summed E-state index contributed by atoms with van der Waals surface area (Å²) in [6, 6.07) is 7.12. The molecular weight excluding hydrogens is 478 g/mol. The molecule has 0 unspecified atom stereocenters. The minimum Gasteiger partial charge on any atom is -0.353 e. The van der Waals surface area contributed by atoms with Crippen LogP contribution in [0.3, 0.4) is 0 Å². The zero-order chi connectivity index (χ0) is 24.5. The number of alkyl halides is 3. The van der Waals surface area contributed by atoms with Crippen molar-refractivity contribution in [2.24, 2.45) is 0 Å². The molecule has 0 spiro atoms. The Morgan fingerprint density at radius 3 is 2.71 bits per heavy atom. The summed E-state index contributed by atoms with van der Waals surface area (Å²) in [5, 5.41) is 3.36. The number of fused-ring (bicyclic) bond motifs is 1. The molecule has 13 heteroatoms. The maximum Gasteiger partial charge on any atom is 0.511 e. The lowest BCUT2D eigenvalue weighted by Crippen LogP contribution is -2.46. The van der Waals surface area contributed by atoms with Gasteiger partial charge in [0.1, 0.15) is 0 Å². The Balaban J connectivity index is 1.59. The van der Waals surface area contributed by atoms with Gasteiger partial charge in [0.15, 0.2) is 5.82 Å². The second kappa shape index (κ2) is 9.14. The van der Waals surface area contributed by atoms with Gasteiger partial charge in [0.05, 0.1) is 23.0 Å². The lowest BCUT2D eigenvalue weighted by molar-refractivity contribution is -0.0448. The second-order valence-corrected chi connectivity index (χ2v) is 9.42. The van der Waals surface area contributed by atoms with E-state index in [9.17, 15) is 30.8 Å². The zero-order valence-corrected chi connectivity index (χ0v) is 18.3. The molecule has 4 rings (SSSR count). The number of hydrogen-bond acceptors (Lipinski definition) is 6. The smallest absolute Gasteiger partial charge is 0.353 e. The van der Waals surface area contributed by atoms with Gasteiger partial charge < -0.3 is 10.2 Å². The number of likely N-dealkylation sites (tertiary alicyclic amines) is 1. The van der Waals surface area contributed by atoms with Crippen molar-refractivity contribution >= 4 is 38.2 Å². The summed E-state index contributed by atoms with van der Waals surface area (Å²) in [5.41, 5.74) is -4.04. The average molecular weight is 497 g/mol. The van der Waals surface area contributed by atoms with Crippen LogP contribution in [0.2, 0.25) is 0 Å². The summed E-state index contributed by atoms with van der Waals surface area (Å²) in [6.07, 6.45) is 4.77. The van der Waals surface area contributed by atoms with Gasteiger partial charge in [-0.25, -0.2) is 17.5 Å². The van der Waals surface area contributed by atoms with E-state index in [4.69, 9.17) is 0 Å². The first kappa shape index (κ1) is 23.8. The predicted octanol–water partition coefficient (Wildman–Crippen LogP) is 3.56. The molecule has 1 saturated heterocycles. The van der Waals surface area contributed by atoms with E-state index in [1.54, 1.807) is 22.9 Å². The first-order valence-corrected chi connectivity index (χ1v) is 11.7. The molecule has 2 N–H and O–H groups in total. The lowest BCUT2D eigenvalue weighted by Gasteiger charge is -2.25. The molecule has 1 aliphatic heterocycles. The average Bonchev–Trinajstić information content (AvgIpc) is 3.26. The van der Waals surface area contributed by atoms with Gasteiger partial charge >= 0.3 is 15.5 Å². The topological polar surface area (TPSA) is 104 Å². The van der Waals surface area contributed by atoms with Crippen molar-refractivity contribution in [3.63, 3.8) is 0 Å². The van der Waals surface area contributed by atoms with Crippen molar-refractivity contribution in [2.45, 2.75) is 24.4 Å². The van der Waals surface area contributed by atoms with Crippen molar-refractivity contribution in [1.29, 1.82) is 0 Å². The second-order valence-electron chi connectivity index (χ2n) is 7.66. The number of nitrogens with one attached hydrogen (secondary N) is 2. The molecule has 0 bridgehead atoms. The molecule has 3 aromatic rings. The summed E-state index contributed by atoms with van der Waals surface area (Å²) in [7, 11) is -5.51. The van der Waals surface area contributed by atoms with Gasteiger partial charge in [-0.05, 0) is 43.2 Å². The monoisotopic (exact) mass is 497 g/mol. The Labute approximate surface area is 192 Å². The quantitative estimate of drug-likeness (QED) is 0.505. The number of sulfonamides is 1. The van der Waals surface area contributed by atoms with Crippen LogP contribution >= 0.6 is 0 Å². The summed E-state index contributed by atoms with van der Waals surface area (Å²) in [6.45, 7) is -0.286. The molecule has 1 aromatic carbocycles. The van der Waals surface area contributed by atoms with Gasteiger partial charge in [-0.3, -0.25) is 14.8 Å². The zero-order valence-electron chi connectivity index (χ0n) is 17.5. The van der Waals surface area contributed by atoms with E-state index < -0.39 is 39.8 Å². The van der Waals surface area contributed by atoms with Gasteiger partial charge in [-0.1, -0.05) is 0 Å². The fraction of sp³-hybridized carbons (Fsp3) is 0.286. The van der Waals surface area contributed by atoms with Crippen LogP contribution in [0.25, 0.3) is 10.9 Å². The molecular formula is C21H19F4N5O3S. The van der Waals surface area contributed by atoms with Crippen molar-refractivity contribution in [3.8, 4) is 0 Å². The maximum absolute atomic E-state index is 14.0. The standard InChI is InChI=1S/C21H19F4N5O3S/c22-17-12-26-7-6-19(17)29-13-3-4-18-16(10-13)15(5-8-27-18)20(31)30-9-1-2-14(30)11-28-34(32,33)21(23,24)25/h3-8,10,12,14,28H,1-2,9,11H2,(H,26,29)/t14-/m0/s1. The van der Waals surface area contributed by atoms with E-state index in [1.807, 2.05) is 0 Å². The highest BCUT2D eigenvalue weighted by molar-refractivity contribution is 7.90. The van der Waals surface area contributed by atoms with E-state index >= 15 is 0 Å². The summed E-state index contributed by atoms with van der Waals surface area (Å²) < 4.78 is 76.2. The Morgan fingerprint density at radius 1 is 1.18 bits per heavy atom. The van der Waals surface area contributed by atoms with Gasteiger partial charge in [-0.15, -0.1) is 0 Å². The van der Waals surface area contributed by atoms with Gasteiger partial charge in [-0.2, -0.15) is 13.2 Å². The number of aromatic nitrogens is 2. The van der Waals surface area contributed by atoms with Crippen LogP contribution in [0, 0.1) is 5.82 Å². The maximum atomic E-state index is 14.0. The number of pyridine rings is 2. The fourth-order valence-corrected chi connectivity index (χ4v) is 4.38. The minimum absolute atomic E-state index is 0.183. The fourth-order valence-electron chi connectivity index (χ4n) is 3.80. The largest absolute Gasteiger partial charge is 0.511 e. The number of nitrogens with zero attached hydrogens (tertiary/aromatic N) is 3. The van der Waals surface area contributed by atoms with Crippen molar-refractivity contribution in [2.75, 3.05) is 18.4 Å². The number of anilines is 2. The first-order valence-electron chi connectivity index (χ1n) is 10.2. The van der Waals surface area contributed by atoms with E-state index in [0.717, 1.165) is 6.20 Å². The molecule has 180 valence electrons. The van der Waals surface area contributed by atoms with E-state index in [0.29, 0.717) is 29.4 Å². The third kappa shape index (κ3) is 4.80. The molecule has 34 heavy (non-hydrogen) atoms. The number of carbonyl (C=O) groups excluding carboxylic acids is 1. The SMILES string of the molecule is O=C(c1ccnc2ccc(Nc3ccncc3F)cc12)N1CCC[C@H]1CNS(=O)(=O)C(F)(F)F. The number of rotatable bonds is 6. The highest BCUT2D eigenvalue weighted by atomic mass is 32.2. The van der Waals surface area contributed by atoms with E-state index in [-0.39, 0.29) is 17.8 Å². The van der Waals surface area contributed by atoms with E-state index in [2.05, 4.69) is 15.3 Å². The summed E-state index contributed by atoms with van der Waals surface area (Å²) >= 11 is 0. The van der Waals surface area contributed by atoms with Crippen molar-refractivity contribution in [1.82, 2.24) is 19.6 Å². The highest BCUT2D eigenvalue weighted by Gasteiger charge is 2.46. The third-order valence-electron chi connectivity index (χ3n) is 5.48. The van der Waals surface area contributed by atoms with Crippen molar-refractivity contribution in [3.05, 3.63) is 60.3 Å². The predicted molar refractivity (Wildman–Crippen MR) is 116 cm³/mol. The summed E-state index contributed by atoms with van der Waals surface area (Å²) in [4.78, 5) is 22.6. The molecule has 1 amide bonds. The summed E-state index contributed by atoms with van der Waals surface area (Å²) in [5.74, 6) is -1.03. The van der Waals surface area contributed by atoms with Gasteiger partial charge in [0.25, 0.3) is 5.91 Å². The molecule has 2 aromatic heterocycles. The van der Waals surface area contributed by atoms with Crippen LogP contribution in [0.5, 0.6) is 0 Å². The Hall–Kier alpha value is -3.32. The first-order chi connectivity index (χ1) is 16.1. The Morgan fingerprint density at radius 2 is 1.97 bits per heavy atom. The molecule has 1 aliphatic rings. The molecule has 0 radical (unpaired) electrons. The highest BCUT2D eigenvalue weighted by Crippen LogP contribution is 2.28. The van der Waals surface area contributed by atoms with Crippen molar-refractivity contribution < 1.29 is 30.8 Å². The van der Waals surface area contributed by atoms with Crippen LogP contribution in [0.4, 0.5) is 28.9 Å². The van der Waals surface area contributed by atoms with Crippen LogP contribution in [-0.4, -0.2) is 53.8 Å². The van der Waals surface area contributed by atoms with Crippen LogP contribution in [0.1, 0.15) is 23.2 Å². The number of benzene rings is 1. The molecule has 0 saturated carbocycles. The molecule has 3 heterocycles.